The van der Waals surface area contributed by atoms with E-state index < -0.39 is 57.4 Å². The fourth-order valence-electron chi connectivity index (χ4n) is 10.5. The first-order valence-corrected chi connectivity index (χ1v) is 25.2. The Morgan fingerprint density at radius 3 is 2.31 bits per heavy atom. The first-order valence-electron chi connectivity index (χ1n) is 23.6. The number of amides is 5. The number of halogens is 3. The van der Waals surface area contributed by atoms with Crippen molar-refractivity contribution in [3.8, 4) is 28.1 Å². The van der Waals surface area contributed by atoms with Crippen LogP contribution in [0.4, 0.5) is 24.7 Å². The standard InChI is InChI=1S/C50H49F3N10O8S/c1-26(27-3-9-33(51)10-4-27)71-40-22-31(8-14-38(40)59-72(69,70)50(52)53)43-42-44(60(2)58-43)37(24-55-45(42)54)32-23-56-62(25-32)34-11-5-29(6-12-34)47(66)61-19-17-28(18-20-61)30-7-13-35-36(21-30)49(68)63(48(35)67)39-15-16-41(64)57-46(39)65/h3-4,7-10,13-14,21-26,28-29,34,39,50,59H,5-6,11-12,15-20H2,1-2H3,(H2,54,55)(H,57,64,65)/t26-,29?,34?,39?/m0/s1. The highest BCUT2D eigenvalue weighted by molar-refractivity contribution is 7.93. The maximum Gasteiger partial charge on any atom is 0.355 e. The molecular weight excluding hydrogens is 958 g/mol. The molecule has 2 saturated heterocycles. The summed E-state index contributed by atoms with van der Waals surface area (Å²) in [5.41, 5.74) is 11.0. The number of benzene rings is 3. The number of nitrogens with two attached hydrogens (primary N) is 1. The van der Waals surface area contributed by atoms with E-state index in [-0.39, 0.29) is 65.0 Å². The van der Waals surface area contributed by atoms with Gasteiger partial charge >= 0.3 is 5.76 Å². The largest absolute Gasteiger partial charge is 0.484 e. The van der Waals surface area contributed by atoms with E-state index in [2.05, 4.69) is 10.3 Å². The number of aromatic nitrogens is 5. The Labute approximate surface area is 410 Å². The number of aryl methyl sites for hydroxylation is 1. The Balaban J connectivity index is 0.798. The summed E-state index contributed by atoms with van der Waals surface area (Å²) in [4.78, 5) is 72.1. The van der Waals surface area contributed by atoms with Gasteiger partial charge in [-0.1, -0.05) is 24.3 Å². The molecule has 18 nitrogen and oxygen atoms in total. The van der Waals surface area contributed by atoms with E-state index >= 15 is 0 Å². The Kier molecular flexibility index (Phi) is 12.6. The Morgan fingerprint density at radius 1 is 0.875 bits per heavy atom. The number of likely N-dealkylation sites (tertiary alicyclic amines) is 1. The van der Waals surface area contributed by atoms with Crippen molar-refractivity contribution in [1.82, 2.24) is 39.7 Å². The van der Waals surface area contributed by atoms with Crippen molar-refractivity contribution in [2.75, 3.05) is 23.5 Å². The molecule has 3 aromatic carbocycles. The minimum Gasteiger partial charge on any atom is -0.484 e. The number of rotatable bonds is 12. The van der Waals surface area contributed by atoms with Gasteiger partial charge < -0.3 is 15.4 Å². The molecule has 22 heteroatoms. The maximum absolute atomic E-state index is 13.9. The van der Waals surface area contributed by atoms with Gasteiger partial charge in [0.05, 0.1) is 40.0 Å². The van der Waals surface area contributed by atoms with Crippen molar-refractivity contribution < 1.29 is 50.3 Å². The molecule has 1 unspecified atom stereocenters. The molecule has 374 valence electrons. The maximum atomic E-state index is 13.9. The number of nitrogens with zero attached hydrogens (tertiary/aromatic N) is 7. The molecule has 1 aliphatic carbocycles. The van der Waals surface area contributed by atoms with Crippen LogP contribution in [0.2, 0.25) is 0 Å². The van der Waals surface area contributed by atoms with Gasteiger partial charge in [-0.2, -0.15) is 19.0 Å². The second-order valence-corrected chi connectivity index (χ2v) is 20.4. The molecule has 0 radical (unpaired) electrons. The van der Waals surface area contributed by atoms with Crippen LogP contribution in [0, 0.1) is 11.7 Å². The van der Waals surface area contributed by atoms with Gasteiger partial charge in [0.25, 0.3) is 21.8 Å². The highest BCUT2D eigenvalue weighted by Crippen LogP contribution is 2.42. The van der Waals surface area contributed by atoms with Crippen LogP contribution in [-0.4, -0.2) is 97.2 Å². The van der Waals surface area contributed by atoms with Gasteiger partial charge in [0, 0.05) is 61.6 Å². The molecule has 0 bridgehead atoms. The number of nitrogens with one attached hydrogen (secondary N) is 2. The second kappa shape index (κ2) is 18.9. The predicted octanol–water partition coefficient (Wildman–Crippen LogP) is 6.86. The lowest BCUT2D eigenvalue weighted by Crippen LogP contribution is -2.54. The number of alkyl halides is 2. The molecule has 3 aromatic heterocycles. The van der Waals surface area contributed by atoms with Gasteiger partial charge in [0.2, 0.25) is 17.7 Å². The third kappa shape index (κ3) is 8.91. The Morgan fingerprint density at radius 2 is 1.60 bits per heavy atom. The summed E-state index contributed by atoms with van der Waals surface area (Å²) in [6, 6.07) is 13.9. The molecular formula is C50H49F3N10O8S. The zero-order valence-electron chi connectivity index (χ0n) is 39.1. The average molecular weight is 1010 g/mol. The zero-order chi connectivity index (χ0) is 50.7. The lowest BCUT2D eigenvalue weighted by molar-refractivity contribution is -0.138. The van der Waals surface area contributed by atoms with Crippen LogP contribution in [-0.2, 0) is 31.5 Å². The fourth-order valence-corrected chi connectivity index (χ4v) is 11.1. The van der Waals surface area contributed by atoms with Gasteiger partial charge in [0.15, 0.2) is 0 Å². The number of imide groups is 2. The summed E-state index contributed by atoms with van der Waals surface area (Å²) >= 11 is 0. The van der Waals surface area contributed by atoms with Crippen LogP contribution in [0.25, 0.3) is 33.3 Å². The van der Waals surface area contributed by atoms with Crippen molar-refractivity contribution >= 4 is 62.0 Å². The SMILES string of the molecule is C[C@H](Oc1cc(-c2nn(C)c3c(-c4cnn(C5CCC(C(=O)N6CCC(c7ccc8c(c7)C(=O)N(C7CCC(=O)NC7=O)C8=O)CC6)CC5)c4)cnc(N)c23)ccc1NS(=O)(=O)C(F)F)c1ccc(F)cc1. The molecule has 4 aliphatic rings. The number of nitrogen functional groups attached to an aromatic ring is 1. The molecule has 5 amide bonds. The third-order valence-electron chi connectivity index (χ3n) is 14.4. The van der Waals surface area contributed by atoms with E-state index in [1.165, 1.54) is 42.5 Å². The topological polar surface area (TPSA) is 234 Å². The van der Waals surface area contributed by atoms with Crippen molar-refractivity contribution in [3.05, 3.63) is 107 Å². The summed E-state index contributed by atoms with van der Waals surface area (Å²) < 4.78 is 76.8. The quantitative estimate of drug-likeness (QED) is 0.107. The second-order valence-electron chi connectivity index (χ2n) is 18.7. The minimum absolute atomic E-state index is 0.0323. The molecule has 10 rings (SSSR count). The molecule has 2 atom stereocenters. The molecule has 0 spiro atoms. The first-order chi connectivity index (χ1) is 34.4. The van der Waals surface area contributed by atoms with Crippen molar-refractivity contribution in [2.45, 2.75) is 88.2 Å². The number of sulfonamides is 1. The first kappa shape index (κ1) is 48.0. The summed E-state index contributed by atoms with van der Waals surface area (Å²) in [7, 11) is -3.35. The van der Waals surface area contributed by atoms with E-state index in [0.29, 0.717) is 72.1 Å². The van der Waals surface area contributed by atoms with Crippen molar-refractivity contribution in [1.29, 1.82) is 0 Å². The number of carbonyl (C=O) groups excluding carboxylic acids is 5. The predicted molar refractivity (Wildman–Crippen MR) is 256 cm³/mol. The fraction of sp³-hybridized carbons (Fsp3) is 0.360. The molecule has 3 aliphatic heterocycles. The lowest BCUT2D eigenvalue weighted by atomic mass is 9.83. The van der Waals surface area contributed by atoms with E-state index in [1.807, 2.05) is 26.6 Å². The Hall–Kier alpha value is -7.62. The van der Waals surface area contributed by atoms with Gasteiger partial charge in [-0.3, -0.25) is 48.3 Å². The van der Waals surface area contributed by atoms with E-state index in [1.54, 1.807) is 43.2 Å². The lowest BCUT2D eigenvalue weighted by Gasteiger charge is -2.36. The number of pyridine rings is 1. The molecule has 72 heavy (non-hydrogen) atoms. The van der Waals surface area contributed by atoms with Crippen LogP contribution < -0.4 is 20.5 Å². The summed E-state index contributed by atoms with van der Waals surface area (Å²) in [6.45, 7) is 2.75. The number of fused-ring (bicyclic) bond motifs is 2. The number of hydrogen-bond donors (Lipinski definition) is 3. The minimum atomic E-state index is -5.08. The molecule has 1 saturated carbocycles. The number of piperidine rings is 2. The number of hydrogen-bond acceptors (Lipinski definition) is 12. The van der Waals surface area contributed by atoms with Crippen molar-refractivity contribution in [3.63, 3.8) is 0 Å². The highest BCUT2D eigenvalue weighted by Gasteiger charge is 2.45. The number of anilines is 2. The van der Waals surface area contributed by atoms with Gasteiger partial charge in [-0.15, -0.1) is 0 Å². The van der Waals surface area contributed by atoms with E-state index in [9.17, 15) is 45.6 Å². The van der Waals surface area contributed by atoms with Gasteiger partial charge in [0.1, 0.15) is 35.2 Å². The van der Waals surface area contributed by atoms with Gasteiger partial charge in [-0.25, -0.2) is 17.8 Å². The Bertz CT molecular complexity index is 3290. The zero-order valence-corrected chi connectivity index (χ0v) is 39.9. The molecule has 6 heterocycles. The highest BCUT2D eigenvalue weighted by atomic mass is 32.2. The van der Waals surface area contributed by atoms with Crippen LogP contribution in [0.15, 0.2) is 79.3 Å². The van der Waals surface area contributed by atoms with E-state index in [0.717, 1.165) is 28.9 Å². The van der Waals surface area contributed by atoms with E-state index in [4.69, 9.17) is 20.7 Å². The van der Waals surface area contributed by atoms with Gasteiger partial charge in [-0.05, 0) is 105 Å². The van der Waals surface area contributed by atoms with Crippen LogP contribution in [0.5, 0.6) is 5.75 Å². The third-order valence-corrected chi connectivity index (χ3v) is 15.3. The molecule has 6 aromatic rings. The molecule has 3 fully saturated rings. The van der Waals surface area contributed by atoms with Crippen LogP contribution in [0.3, 0.4) is 0 Å². The number of carbonyl (C=O) groups is 5. The monoisotopic (exact) mass is 1010 g/mol. The summed E-state index contributed by atoms with van der Waals surface area (Å²) in [5, 5.41) is 12.2. The normalized spacial score (nSPS) is 20.3. The average Bonchev–Trinajstić information content (AvgIpc) is 4.07. The summed E-state index contributed by atoms with van der Waals surface area (Å²) in [5.74, 6) is -6.25. The number of ether oxygens (including phenoxy) is 1. The molecule has 4 N–H and O–H groups in total. The smallest absolute Gasteiger partial charge is 0.355 e. The van der Waals surface area contributed by atoms with Crippen molar-refractivity contribution in [2.24, 2.45) is 13.0 Å². The van der Waals surface area contributed by atoms with Crippen LogP contribution >= 0.6 is 0 Å². The van der Waals surface area contributed by atoms with Crippen LogP contribution in [0.1, 0.15) is 108 Å². The summed E-state index contributed by atoms with van der Waals surface area (Å²) in [6.07, 6.45) is 8.85.